The Hall–Kier alpha value is -2.88. The Morgan fingerprint density at radius 2 is 1.61 bits per heavy atom. The average Bonchev–Trinajstić information content (AvgIpc) is 2.61. The van der Waals surface area contributed by atoms with Crippen molar-refractivity contribution in [3.05, 3.63) is 83.6 Å². The van der Waals surface area contributed by atoms with Crippen molar-refractivity contribution in [2.24, 2.45) is 0 Å². The second-order valence-electron chi connectivity index (χ2n) is 5.38. The van der Waals surface area contributed by atoms with Gasteiger partial charge >= 0.3 is 0 Å². The summed E-state index contributed by atoms with van der Waals surface area (Å²) in [7, 11) is 0. The molecule has 1 aromatic heterocycles. The van der Waals surface area contributed by atoms with E-state index >= 15 is 0 Å². The highest BCUT2D eigenvalue weighted by atomic mass is 15.1. The number of anilines is 2. The van der Waals surface area contributed by atoms with Crippen LogP contribution in [0.25, 0.3) is 0 Å². The molecule has 0 atom stereocenters. The summed E-state index contributed by atoms with van der Waals surface area (Å²) in [6.45, 7) is 3.57. The van der Waals surface area contributed by atoms with E-state index in [9.17, 15) is 0 Å². The van der Waals surface area contributed by atoms with Crippen molar-refractivity contribution in [3.63, 3.8) is 0 Å². The lowest BCUT2D eigenvalue weighted by atomic mass is 10.1. The molecule has 2 aromatic carbocycles. The van der Waals surface area contributed by atoms with Gasteiger partial charge in [0, 0.05) is 19.3 Å². The highest BCUT2D eigenvalue weighted by Gasteiger charge is 2.01. The van der Waals surface area contributed by atoms with Crippen molar-refractivity contribution in [2.45, 2.75) is 20.0 Å². The minimum absolute atomic E-state index is 0.631. The summed E-state index contributed by atoms with van der Waals surface area (Å²) in [5, 5.41) is 6.60. The predicted molar refractivity (Wildman–Crippen MR) is 94.3 cm³/mol. The van der Waals surface area contributed by atoms with Crippen LogP contribution in [0.3, 0.4) is 0 Å². The second-order valence-corrected chi connectivity index (χ2v) is 5.38. The molecule has 3 rings (SSSR count). The molecule has 2 N–H and O–H groups in total. The fourth-order valence-electron chi connectivity index (χ4n) is 2.31. The van der Waals surface area contributed by atoms with Gasteiger partial charge in [-0.1, -0.05) is 54.6 Å². The maximum atomic E-state index is 4.50. The molecule has 0 aliphatic rings. The number of nitrogens with zero attached hydrogens (tertiary/aromatic N) is 2. The Labute approximate surface area is 136 Å². The average molecular weight is 304 g/mol. The third kappa shape index (κ3) is 4.30. The highest BCUT2D eigenvalue weighted by Crippen LogP contribution is 2.11. The van der Waals surface area contributed by atoms with Crippen molar-refractivity contribution in [1.29, 1.82) is 0 Å². The van der Waals surface area contributed by atoms with E-state index in [1.54, 1.807) is 6.20 Å². The van der Waals surface area contributed by atoms with E-state index in [0.29, 0.717) is 5.95 Å². The highest BCUT2D eigenvalue weighted by molar-refractivity contribution is 5.41. The molecule has 4 nitrogen and oxygen atoms in total. The first-order chi connectivity index (χ1) is 11.3. The van der Waals surface area contributed by atoms with Crippen molar-refractivity contribution >= 4 is 11.8 Å². The molecule has 0 saturated carbocycles. The molecule has 4 heteroatoms. The molecular formula is C19H20N4. The lowest BCUT2D eigenvalue weighted by molar-refractivity contribution is 1.03. The summed E-state index contributed by atoms with van der Waals surface area (Å²) in [6, 6.07) is 20.4. The Kier molecular flexibility index (Phi) is 4.84. The fraction of sp³-hybridized carbons (Fsp3) is 0.158. The third-order valence-corrected chi connectivity index (χ3v) is 3.67. The number of benzene rings is 2. The minimum Gasteiger partial charge on any atom is -0.366 e. The summed E-state index contributed by atoms with van der Waals surface area (Å²) in [5.41, 5.74) is 3.73. The molecule has 0 bridgehead atoms. The van der Waals surface area contributed by atoms with Gasteiger partial charge in [-0.05, 0) is 29.7 Å². The minimum atomic E-state index is 0.631. The van der Waals surface area contributed by atoms with E-state index in [1.165, 1.54) is 16.7 Å². The topological polar surface area (TPSA) is 49.8 Å². The van der Waals surface area contributed by atoms with E-state index in [0.717, 1.165) is 18.9 Å². The summed E-state index contributed by atoms with van der Waals surface area (Å²) in [4.78, 5) is 8.78. The molecule has 0 spiro atoms. The van der Waals surface area contributed by atoms with Crippen molar-refractivity contribution in [2.75, 3.05) is 10.6 Å². The second kappa shape index (κ2) is 7.40. The van der Waals surface area contributed by atoms with Crippen LogP contribution in [0.4, 0.5) is 11.8 Å². The number of nitrogens with one attached hydrogen (secondary N) is 2. The Balaban J connectivity index is 1.60. The number of aryl methyl sites for hydroxylation is 1. The van der Waals surface area contributed by atoms with Crippen LogP contribution in [0, 0.1) is 6.92 Å². The number of rotatable bonds is 6. The van der Waals surface area contributed by atoms with Gasteiger partial charge in [0.15, 0.2) is 0 Å². The van der Waals surface area contributed by atoms with Crippen molar-refractivity contribution in [3.8, 4) is 0 Å². The Bertz CT molecular complexity index is 756. The van der Waals surface area contributed by atoms with Gasteiger partial charge in [-0.2, -0.15) is 4.98 Å². The van der Waals surface area contributed by atoms with Gasteiger partial charge in [-0.3, -0.25) is 0 Å². The van der Waals surface area contributed by atoms with Crippen LogP contribution in [-0.2, 0) is 13.1 Å². The lowest BCUT2D eigenvalue weighted by Gasteiger charge is -2.09. The lowest BCUT2D eigenvalue weighted by Crippen LogP contribution is -2.07. The van der Waals surface area contributed by atoms with Gasteiger partial charge in [-0.25, -0.2) is 4.98 Å². The number of hydrogen-bond donors (Lipinski definition) is 2. The van der Waals surface area contributed by atoms with Crippen LogP contribution in [0.2, 0.25) is 0 Å². The molecule has 1 heterocycles. The van der Waals surface area contributed by atoms with Crippen LogP contribution in [0.15, 0.2) is 66.9 Å². The fourth-order valence-corrected chi connectivity index (χ4v) is 2.31. The quantitative estimate of drug-likeness (QED) is 0.722. The van der Waals surface area contributed by atoms with E-state index in [2.05, 4.69) is 51.8 Å². The van der Waals surface area contributed by atoms with E-state index in [1.807, 2.05) is 36.4 Å². The summed E-state index contributed by atoms with van der Waals surface area (Å²) >= 11 is 0. The molecule has 0 unspecified atom stereocenters. The molecule has 116 valence electrons. The van der Waals surface area contributed by atoms with Crippen molar-refractivity contribution < 1.29 is 0 Å². The van der Waals surface area contributed by atoms with Gasteiger partial charge < -0.3 is 10.6 Å². The van der Waals surface area contributed by atoms with Crippen LogP contribution in [0.1, 0.15) is 16.7 Å². The third-order valence-electron chi connectivity index (χ3n) is 3.67. The first-order valence-corrected chi connectivity index (χ1v) is 7.70. The van der Waals surface area contributed by atoms with Crippen LogP contribution < -0.4 is 10.6 Å². The molecule has 0 aliphatic heterocycles. The standard InChI is InChI=1S/C19H20N4/c1-15-7-5-6-10-17(15)14-22-19-20-12-11-18(23-19)21-13-16-8-3-2-4-9-16/h2-12H,13-14H2,1H3,(H2,20,21,22,23). The first kappa shape index (κ1) is 15.0. The molecular weight excluding hydrogens is 284 g/mol. The summed E-state index contributed by atoms with van der Waals surface area (Å²) in [5.74, 6) is 1.45. The van der Waals surface area contributed by atoms with Gasteiger partial charge in [0.1, 0.15) is 5.82 Å². The van der Waals surface area contributed by atoms with Gasteiger partial charge in [0.2, 0.25) is 5.95 Å². The predicted octanol–water partition coefficient (Wildman–Crippen LogP) is 4.01. The van der Waals surface area contributed by atoms with E-state index < -0.39 is 0 Å². The molecule has 0 fully saturated rings. The molecule has 0 amide bonds. The zero-order chi connectivity index (χ0) is 15.9. The molecule has 0 radical (unpaired) electrons. The molecule has 0 aliphatic carbocycles. The summed E-state index contributed by atoms with van der Waals surface area (Å²) < 4.78 is 0. The van der Waals surface area contributed by atoms with Crippen LogP contribution in [0.5, 0.6) is 0 Å². The maximum absolute atomic E-state index is 4.50. The van der Waals surface area contributed by atoms with E-state index in [4.69, 9.17) is 0 Å². The SMILES string of the molecule is Cc1ccccc1CNc1nccc(NCc2ccccc2)n1. The zero-order valence-corrected chi connectivity index (χ0v) is 13.2. The number of hydrogen-bond acceptors (Lipinski definition) is 4. The molecule has 3 aromatic rings. The van der Waals surface area contributed by atoms with Gasteiger partial charge in [0.25, 0.3) is 0 Å². The molecule has 23 heavy (non-hydrogen) atoms. The molecule has 0 saturated heterocycles. The largest absolute Gasteiger partial charge is 0.366 e. The zero-order valence-electron chi connectivity index (χ0n) is 13.2. The van der Waals surface area contributed by atoms with Gasteiger partial charge in [-0.15, -0.1) is 0 Å². The first-order valence-electron chi connectivity index (χ1n) is 7.70. The summed E-state index contributed by atoms with van der Waals surface area (Å²) in [6.07, 6.45) is 1.76. The number of aromatic nitrogens is 2. The van der Waals surface area contributed by atoms with E-state index in [-0.39, 0.29) is 0 Å². The van der Waals surface area contributed by atoms with Crippen LogP contribution >= 0.6 is 0 Å². The Morgan fingerprint density at radius 1 is 0.826 bits per heavy atom. The van der Waals surface area contributed by atoms with Gasteiger partial charge in [0.05, 0.1) is 0 Å². The smallest absolute Gasteiger partial charge is 0.224 e. The monoisotopic (exact) mass is 304 g/mol. The maximum Gasteiger partial charge on any atom is 0.224 e. The van der Waals surface area contributed by atoms with Crippen molar-refractivity contribution in [1.82, 2.24) is 9.97 Å². The Morgan fingerprint density at radius 3 is 2.43 bits per heavy atom. The normalized spacial score (nSPS) is 10.3. The van der Waals surface area contributed by atoms with Crippen LogP contribution in [-0.4, -0.2) is 9.97 Å².